The Hall–Kier alpha value is -2.05. The van der Waals surface area contributed by atoms with Crippen LogP contribution < -0.4 is 15.5 Å². The summed E-state index contributed by atoms with van der Waals surface area (Å²) in [5.74, 6) is 0.659. The molecular formula is C15H13BrClN3O2. The third kappa shape index (κ3) is 4.75. The number of anilines is 1. The average molecular weight is 383 g/mol. The predicted molar refractivity (Wildman–Crippen MR) is 91.9 cm³/mol. The number of halogens is 2. The Kier molecular flexibility index (Phi) is 5.80. The number of carbonyl (C=O) groups is 1. The fraction of sp³-hybridized carbons (Fsp3) is 0.0667. The molecule has 0 fully saturated rings. The van der Waals surface area contributed by atoms with Gasteiger partial charge in [0.1, 0.15) is 5.75 Å². The molecule has 0 saturated carbocycles. The summed E-state index contributed by atoms with van der Waals surface area (Å²) < 4.78 is 6.10. The van der Waals surface area contributed by atoms with Crippen LogP contribution in [0.25, 0.3) is 0 Å². The molecule has 2 rings (SSSR count). The zero-order valence-electron chi connectivity index (χ0n) is 11.6. The molecule has 0 saturated heterocycles. The molecule has 0 aliphatic rings. The lowest BCUT2D eigenvalue weighted by molar-refractivity contribution is 0.252. The van der Waals surface area contributed by atoms with Crippen molar-refractivity contribution in [1.82, 2.24) is 5.43 Å². The second kappa shape index (κ2) is 7.82. The van der Waals surface area contributed by atoms with Crippen LogP contribution in [0.15, 0.2) is 52.0 Å². The van der Waals surface area contributed by atoms with E-state index >= 15 is 0 Å². The van der Waals surface area contributed by atoms with Crippen molar-refractivity contribution < 1.29 is 9.53 Å². The molecule has 2 aromatic rings. The highest BCUT2D eigenvalue weighted by molar-refractivity contribution is 9.10. The first-order valence-corrected chi connectivity index (χ1v) is 7.45. The van der Waals surface area contributed by atoms with Crippen molar-refractivity contribution in [3.8, 4) is 5.75 Å². The van der Waals surface area contributed by atoms with Gasteiger partial charge >= 0.3 is 6.03 Å². The topological polar surface area (TPSA) is 62.7 Å². The molecule has 0 spiro atoms. The summed E-state index contributed by atoms with van der Waals surface area (Å²) in [5, 5.41) is 7.13. The maximum absolute atomic E-state index is 11.7. The molecule has 0 bridgehead atoms. The average Bonchev–Trinajstić information content (AvgIpc) is 2.50. The van der Waals surface area contributed by atoms with Gasteiger partial charge in [-0.2, -0.15) is 5.10 Å². The van der Waals surface area contributed by atoms with Crippen LogP contribution in [0.3, 0.4) is 0 Å². The van der Waals surface area contributed by atoms with Crippen molar-refractivity contribution in [3.63, 3.8) is 0 Å². The highest BCUT2D eigenvalue weighted by Crippen LogP contribution is 2.21. The van der Waals surface area contributed by atoms with Crippen LogP contribution in [0.4, 0.5) is 10.5 Å². The lowest BCUT2D eigenvalue weighted by atomic mass is 10.2. The number of methoxy groups -OCH3 is 1. The Morgan fingerprint density at radius 1 is 1.27 bits per heavy atom. The number of rotatable bonds is 4. The van der Waals surface area contributed by atoms with E-state index < -0.39 is 6.03 Å². The van der Waals surface area contributed by atoms with Gasteiger partial charge in [-0.05, 0) is 42.5 Å². The van der Waals surface area contributed by atoms with Gasteiger partial charge in [0.2, 0.25) is 0 Å². The van der Waals surface area contributed by atoms with Crippen molar-refractivity contribution in [2.75, 3.05) is 12.4 Å². The van der Waals surface area contributed by atoms with Crippen molar-refractivity contribution in [1.29, 1.82) is 0 Å². The third-order valence-electron chi connectivity index (χ3n) is 2.66. The maximum Gasteiger partial charge on any atom is 0.339 e. The minimum atomic E-state index is -0.451. The van der Waals surface area contributed by atoms with Gasteiger partial charge in [-0.3, -0.25) is 0 Å². The number of carbonyl (C=O) groups excluding carboxylic acids is 1. The van der Waals surface area contributed by atoms with Gasteiger partial charge in [-0.1, -0.05) is 27.5 Å². The quantitative estimate of drug-likeness (QED) is 0.613. The van der Waals surface area contributed by atoms with E-state index in [1.807, 2.05) is 12.1 Å². The molecule has 0 unspecified atom stereocenters. The van der Waals surface area contributed by atoms with Crippen LogP contribution in [-0.4, -0.2) is 19.4 Å². The van der Waals surface area contributed by atoms with E-state index in [0.29, 0.717) is 16.5 Å². The number of ether oxygens (including phenoxy) is 1. The molecule has 2 aromatic carbocycles. The SMILES string of the molecule is COc1ccc(Br)cc1/C=N\NC(=O)Nc1ccc(Cl)cc1. The first-order chi connectivity index (χ1) is 10.6. The van der Waals surface area contributed by atoms with Crippen molar-refractivity contribution in [2.24, 2.45) is 5.10 Å². The highest BCUT2D eigenvalue weighted by Gasteiger charge is 2.02. The first kappa shape index (κ1) is 16.3. The maximum atomic E-state index is 11.7. The normalized spacial score (nSPS) is 10.5. The van der Waals surface area contributed by atoms with Crippen LogP contribution in [0.5, 0.6) is 5.75 Å². The van der Waals surface area contributed by atoms with E-state index in [2.05, 4.69) is 31.8 Å². The molecule has 0 radical (unpaired) electrons. The number of nitrogens with one attached hydrogen (secondary N) is 2. The van der Waals surface area contributed by atoms with Crippen LogP contribution in [0, 0.1) is 0 Å². The van der Waals surface area contributed by atoms with Crippen LogP contribution >= 0.6 is 27.5 Å². The molecule has 22 heavy (non-hydrogen) atoms. The summed E-state index contributed by atoms with van der Waals surface area (Å²) >= 11 is 9.14. The van der Waals surface area contributed by atoms with Crippen molar-refractivity contribution in [3.05, 3.63) is 57.5 Å². The zero-order chi connectivity index (χ0) is 15.9. The van der Waals surface area contributed by atoms with Gasteiger partial charge in [-0.25, -0.2) is 10.2 Å². The second-order valence-electron chi connectivity index (χ2n) is 4.22. The molecule has 2 amide bonds. The van der Waals surface area contributed by atoms with Crippen LogP contribution in [0.2, 0.25) is 5.02 Å². The fourth-order valence-corrected chi connectivity index (χ4v) is 2.16. The Morgan fingerprint density at radius 3 is 2.68 bits per heavy atom. The molecule has 0 aromatic heterocycles. The molecule has 7 heteroatoms. The minimum Gasteiger partial charge on any atom is -0.496 e. The standard InChI is InChI=1S/C15H13BrClN3O2/c1-22-14-7-2-11(16)8-10(14)9-18-20-15(21)19-13-5-3-12(17)4-6-13/h2-9H,1H3,(H2,19,20,21)/b18-9-. The lowest BCUT2D eigenvalue weighted by Crippen LogP contribution is -2.24. The molecular weight excluding hydrogens is 370 g/mol. The van der Waals surface area contributed by atoms with Gasteiger partial charge in [0.25, 0.3) is 0 Å². The van der Waals surface area contributed by atoms with E-state index in [1.54, 1.807) is 37.4 Å². The number of hydrogen-bond donors (Lipinski definition) is 2. The van der Waals surface area contributed by atoms with E-state index in [-0.39, 0.29) is 0 Å². The largest absolute Gasteiger partial charge is 0.496 e. The molecule has 0 aliphatic carbocycles. The van der Waals surface area contributed by atoms with E-state index in [4.69, 9.17) is 16.3 Å². The third-order valence-corrected chi connectivity index (χ3v) is 3.41. The van der Waals surface area contributed by atoms with E-state index in [0.717, 1.165) is 10.0 Å². The molecule has 5 nitrogen and oxygen atoms in total. The molecule has 114 valence electrons. The number of urea groups is 1. The Balaban J connectivity index is 1.96. The summed E-state index contributed by atoms with van der Waals surface area (Å²) in [6.07, 6.45) is 1.50. The van der Waals surface area contributed by atoms with Gasteiger partial charge in [0.05, 0.1) is 13.3 Å². The number of hydrazone groups is 1. The molecule has 2 N–H and O–H groups in total. The summed E-state index contributed by atoms with van der Waals surface area (Å²) in [6, 6.07) is 11.8. The fourth-order valence-electron chi connectivity index (χ4n) is 1.66. The Bertz CT molecular complexity index is 690. The number of nitrogens with zero attached hydrogens (tertiary/aromatic N) is 1. The Labute approximate surface area is 141 Å². The van der Waals surface area contributed by atoms with Crippen molar-refractivity contribution >= 4 is 45.5 Å². The number of amides is 2. The van der Waals surface area contributed by atoms with Crippen molar-refractivity contribution in [2.45, 2.75) is 0 Å². The monoisotopic (exact) mass is 381 g/mol. The molecule has 0 heterocycles. The highest BCUT2D eigenvalue weighted by atomic mass is 79.9. The van der Waals surface area contributed by atoms with Gasteiger partial charge < -0.3 is 10.1 Å². The van der Waals surface area contributed by atoms with Gasteiger partial charge in [-0.15, -0.1) is 0 Å². The summed E-state index contributed by atoms with van der Waals surface area (Å²) in [5.41, 5.74) is 3.74. The van der Waals surface area contributed by atoms with E-state index in [9.17, 15) is 4.79 Å². The minimum absolute atomic E-state index is 0.451. The summed E-state index contributed by atoms with van der Waals surface area (Å²) in [6.45, 7) is 0. The molecule has 0 aliphatic heterocycles. The zero-order valence-corrected chi connectivity index (χ0v) is 14.0. The van der Waals surface area contributed by atoms with E-state index in [1.165, 1.54) is 6.21 Å². The number of hydrogen-bond acceptors (Lipinski definition) is 3. The van der Waals surface area contributed by atoms with Gasteiger partial charge in [0, 0.05) is 20.7 Å². The summed E-state index contributed by atoms with van der Waals surface area (Å²) in [7, 11) is 1.57. The predicted octanol–water partition coefficient (Wildman–Crippen LogP) is 4.27. The Morgan fingerprint density at radius 2 is 2.00 bits per heavy atom. The second-order valence-corrected chi connectivity index (χ2v) is 5.57. The first-order valence-electron chi connectivity index (χ1n) is 6.27. The lowest BCUT2D eigenvalue weighted by Gasteiger charge is -2.05. The number of benzene rings is 2. The van der Waals surface area contributed by atoms with Crippen LogP contribution in [-0.2, 0) is 0 Å². The van der Waals surface area contributed by atoms with Crippen LogP contribution in [0.1, 0.15) is 5.56 Å². The smallest absolute Gasteiger partial charge is 0.339 e. The van der Waals surface area contributed by atoms with Gasteiger partial charge in [0.15, 0.2) is 0 Å². The molecule has 0 atom stereocenters. The summed E-state index contributed by atoms with van der Waals surface area (Å²) in [4.78, 5) is 11.7.